The molecule has 35 heavy (non-hydrogen) atoms. The van der Waals surface area contributed by atoms with E-state index in [0.29, 0.717) is 11.3 Å². The van der Waals surface area contributed by atoms with Gasteiger partial charge in [0.1, 0.15) is 12.4 Å². The average molecular weight is 483 g/mol. The number of hydrogen-bond acceptors (Lipinski definition) is 3. The summed E-state index contributed by atoms with van der Waals surface area (Å²) >= 11 is 0. The van der Waals surface area contributed by atoms with Crippen LogP contribution in [-0.2, 0) is 11.2 Å². The molecule has 0 bridgehead atoms. The molecule has 1 saturated carbocycles. The van der Waals surface area contributed by atoms with Crippen LogP contribution in [0.2, 0.25) is 0 Å². The van der Waals surface area contributed by atoms with Crippen LogP contribution in [0.5, 0.6) is 5.75 Å². The van der Waals surface area contributed by atoms with Gasteiger partial charge in [0.05, 0.1) is 0 Å². The van der Waals surface area contributed by atoms with Crippen molar-refractivity contribution in [3.05, 3.63) is 29.8 Å². The minimum Gasteiger partial charge on any atom is -0.492 e. The first kappa shape index (κ1) is 26.5. The number of nitrogens with zero attached hydrogens (tertiary/aromatic N) is 2. The quantitative estimate of drug-likeness (QED) is 0.444. The van der Waals surface area contributed by atoms with E-state index in [1.54, 1.807) is 0 Å². The predicted octanol–water partition coefficient (Wildman–Crippen LogP) is 6.86. The summed E-state index contributed by atoms with van der Waals surface area (Å²) in [6.45, 7) is 8.31. The number of hydrogen-bond donors (Lipinski definition) is 0. The first-order valence-corrected chi connectivity index (χ1v) is 14.9. The zero-order valence-electron chi connectivity index (χ0n) is 22.4. The van der Waals surface area contributed by atoms with Crippen LogP contribution < -0.4 is 4.74 Å². The van der Waals surface area contributed by atoms with Crippen molar-refractivity contribution in [1.82, 2.24) is 9.80 Å². The zero-order valence-corrected chi connectivity index (χ0v) is 22.4. The van der Waals surface area contributed by atoms with Gasteiger partial charge in [0.25, 0.3) is 0 Å². The fourth-order valence-corrected chi connectivity index (χ4v) is 6.76. The topological polar surface area (TPSA) is 32.8 Å². The van der Waals surface area contributed by atoms with Gasteiger partial charge in [-0.25, -0.2) is 0 Å². The number of aryl methyl sites for hydroxylation is 1. The summed E-state index contributed by atoms with van der Waals surface area (Å²) in [5.74, 6) is 2.30. The largest absolute Gasteiger partial charge is 0.492 e. The number of benzene rings is 1. The van der Waals surface area contributed by atoms with E-state index in [4.69, 9.17) is 4.74 Å². The van der Waals surface area contributed by atoms with E-state index < -0.39 is 0 Å². The number of likely N-dealkylation sites (tertiary alicyclic amines) is 1. The Morgan fingerprint density at radius 1 is 1.00 bits per heavy atom. The van der Waals surface area contributed by atoms with E-state index in [2.05, 4.69) is 41.0 Å². The van der Waals surface area contributed by atoms with Crippen LogP contribution in [0, 0.1) is 11.3 Å². The first-order valence-electron chi connectivity index (χ1n) is 14.9. The molecule has 4 nitrogen and oxygen atoms in total. The van der Waals surface area contributed by atoms with E-state index >= 15 is 0 Å². The minimum atomic E-state index is 0.354. The van der Waals surface area contributed by atoms with Crippen LogP contribution in [0.15, 0.2) is 24.3 Å². The number of carbonyl (C=O) groups is 1. The lowest BCUT2D eigenvalue weighted by Gasteiger charge is -2.45. The highest BCUT2D eigenvalue weighted by Gasteiger charge is 2.37. The molecule has 2 aliphatic heterocycles. The number of ether oxygens (including phenoxy) is 1. The molecule has 0 N–H and O–H groups in total. The lowest BCUT2D eigenvalue weighted by molar-refractivity contribution is -0.134. The molecule has 1 aliphatic carbocycles. The highest BCUT2D eigenvalue weighted by Crippen LogP contribution is 2.39. The Labute approximate surface area is 214 Å². The van der Waals surface area contributed by atoms with E-state index in [1.165, 1.54) is 89.2 Å². The third-order valence-electron chi connectivity index (χ3n) is 9.10. The van der Waals surface area contributed by atoms with Gasteiger partial charge in [-0.3, -0.25) is 9.69 Å². The van der Waals surface area contributed by atoms with E-state index in [1.807, 2.05) is 0 Å². The fraction of sp³-hybridized carbons (Fsp3) is 0.774. The Balaban J connectivity index is 1.35. The van der Waals surface area contributed by atoms with Crippen molar-refractivity contribution in [3.8, 4) is 5.75 Å². The first-order chi connectivity index (χ1) is 17.2. The second-order valence-corrected chi connectivity index (χ2v) is 11.7. The summed E-state index contributed by atoms with van der Waals surface area (Å²) < 4.78 is 6.28. The molecule has 0 radical (unpaired) electrons. The normalized spacial score (nSPS) is 22.6. The highest BCUT2D eigenvalue weighted by molar-refractivity contribution is 5.76. The van der Waals surface area contributed by atoms with Crippen LogP contribution in [0.3, 0.4) is 0 Å². The summed E-state index contributed by atoms with van der Waals surface area (Å²) in [6.07, 6.45) is 18.4. The van der Waals surface area contributed by atoms with Crippen molar-refractivity contribution in [2.45, 2.75) is 103 Å². The molecule has 4 rings (SSSR count). The van der Waals surface area contributed by atoms with Crippen LogP contribution in [0.25, 0.3) is 0 Å². The molecular weight excluding hydrogens is 432 g/mol. The number of unbranched alkanes of at least 4 members (excludes halogenated alkanes) is 1. The molecule has 3 aliphatic rings. The summed E-state index contributed by atoms with van der Waals surface area (Å²) in [7, 11) is 0. The molecule has 1 spiro atoms. The molecule has 4 heteroatoms. The van der Waals surface area contributed by atoms with Crippen LogP contribution in [0.4, 0.5) is 0 Å². The molecule has 0 atom stereocenters. The number of amides is 1. The summed E-state index contributed by atoms with van der Waals surface area (Å²) in [6, 6.07) is 8.62. The van der Waals surface area contributed by atoms with E-state index in [-0.39, 0.29) is 0 Å². The predicted molar refractivity (Wildman–Crippen MR) is 145 cm³/mol. The molecule has 1 amide bonds. The van der Waals surface area contributed by atoms with Crippen molar-refractivity contribution in [2.24, 2.45) is 11.3 Å². The van der Waals surface area contributed by atoms with Crippen LogP contribution >= 0.6 is 0 Å². The monoisotopic (exact) mass is 482 g/mol. The lowest BCUT2D eigenvalue weighted by Crippen LogP contribution is -2.49. The lowest BCUT2D eigenvalue weighted by atomic mass is 9.73. The summed E-state index contributed by atoms with van der Waals surface area (Å²) in [4.78, 5) is 17.9. The standard InChI is InChI=1S/C31H50N2O2/c1-2-3-21-32-24-25-35-29-15-8-7-13-28(29)14-9-10-18-31(26-32)19-22-33(23-20-31)30(34)17-16-27-11-5-4-6-12-27/h7-8,13,15,27H,2-6,9-12,14,16-26H2,1H3. The minimum absolute atomic E-state index is 0.354. The van der Waals surface area contributed by atoms with Crippen molar-refractivity contribution >= 4 is 5.91 Å². The number of rotatable bonds is 6. The van der Waals surface area contributed by atoms with Gasteiger partial charge >= 0.3 is 0 Å². The van der Waals surface area contributed by atoms with Gasteiger partial charge in [0.15, 0.2) is 0 Å². The molecule has 2 fully saturated rings. The van der Waals surface area contributed by atoms with Crippen molar-refractivity contribution in [1.29, 1.82) is 0 Å². The van der Waals surface area contributed by atoms with E-state index in [9.17, 15) is 4.79 Å². The van der Waals surface area contributed by atoms with E-state index in [0.717, 1.165) is 63.7 Å². The van der Waals surface area contributed by atoms with Gasteiger partial charge in [0.2, 0.25) is 5.91 Å². The molecule has 1 saturated heterocycles. The molecule has 0 aromatic heterocycles. The Hall–Kier alpha value is -1.55. The Bertz CT molecular complexity index is 765. The number of carbonyl (C=O) groups excluding carboxylic acids is 1. The maximum atomic E-state index is 13.0. The van der Waals surface area contributed by atoms with Crippen molar-refractivity contribution < 1.29 is 9.53 Å². The molecular formula is C31H50N2O2. The fourth-order valence-electron chi connectivity index (χ4n) is 6.76. The molecule has 1 aromatic rings. The Morgan fingerprint density at radius 3 is 2.60 bits per heavy atom. The second kappa shape index (κ2) is 13.7. The smallest absolute Gasteiger partial charge is 0.222 e. The Kier molecular flexibility index (Phi) is 10.4. The van der Waals surface area contributed by atoms with Gasteiger partial charge < -0.3 is 9.64 Å². The average Bonchev–Trinajstić information content (AvgIpc) is 2.89. The van der Waals surface area contributed by atoms with Gasteiger partial charge in [-0.05, 0) is 74.5 Å². The third kappa shape index (κ3) is 7.97. The zero-order chi connectivity index (χ0) is 24.3. The molecule has 2 heterocycles. The molecule has 0 unspecified atom stereocenters. The summed E-state index contributed by atoms with van der Waals surface area (Å²) in [5.41, 5.74) is 1.72. The van der Waals surface area contributed by atoms with Crippen molar-refractivity contribution in [2.75, 3.05) is 39.3 Å². The molecule has 1 aromatic carbocycles. The number of para-hydroxylation sites is 1. The maximum Gasteiger partial charge on any atom is 0.222 e. The van der Waals surface area contributed by atoms with Crippen molar-refractivity contribution in [3.63, 3.8) is 0 Å². The number of fused-ring (bicyclic) bond motifs is 1. The van der Waals surface area contributed by atoms with Gasteiger partial charge in [-0.15, -0.1) is 0 Å². The SMILES string of the molecule is CCCCN1CCOc2ccccc2CCCCC2(CCN(C(=O)CCC3CCCCC3)CC2)C1. The Morgan fingerprint density at radius 2 is 1.80 bits per heavy atom. The number of piperidine rings is 1. The van der Waals surface area contributed by atoms with Gasteiger partial charge in [-0.1, -0.05) is 70.1 Å². The van der Waals surface area contributed by atoms with Crippen LogP contribution in [0.1, 0.15) is 102 Å². The molecule has 196 valence electrons. The van der Waals surface area contributed by atoms with Crippen LogP contribution in [-0.4, -0.2) is 55.0 Å². The van der Waals surface area contributed by atoms with Gasteiger partial charge in [-0.2, -0.15) is 0 Å². The summed E-state index contributed by atoms with van der Waals surface area (Å²) in [5, 5.41) is 0. The second-order valence-electron chi connectivity index (χ2n) is 11.7. The third-order valence-corrected chi connectivity index (χ3v) is 9.10. The highest BCUT2D eigenvalue weighted by atomic mass is 16.5. The maximum absolute atomic E-state index is 13.0. The van der Waals surface area contributed by atoms with Gasteiger partial charge in [0, 0.05) is 32.6 Å².